The van der Waals surface area contributed by atoms with E-state index in [-0.39, 0.29) is 18.4 Å². The first-order valence-electron chi connectivity index (χ1n) is 9.37. The van der Waals surface area contributed by atoms with Crippen LogP contribution in [0.4, 0.5) is 5.69 Å². The lowest BCUT2D eigenvalue weighted by molar-refractivity contribution is -0.137. The van der Waals surface area contributed by atoms with Crippen LogP contribution in [-0.4, -0.2) is 58.8 Å². The number of aromatic amines is 1. The van der Waals surface area contributed by atoms with E-state index in [1.54, 1.807) is 9.80 Å². The third-order valence-corrected chi connectivity index (χ3v) is 5.59. The smallest absolute Gasteiger partial charge is 0.275 e. The van der Waals surface area contributed by atoms with Crippen molar-refractivity contribution in [1.82, 2.24) is 15.1 Å². The molecule has 1 aromatic heterocycles. The third-order valence-electron chi connectivity index (χ3n) is 5.59. The first-order valence-corrected chi connectivity index (χ1v) is 9.37. The number of rotatable bonds is 2. The Labute approximate surface area is 161 Å². The number of likely N-dealkylation sites (tertiary alicyclic amines) is 1. The lowest BCUT2D eigenvalue weighted by Crippen LogP contribution is -2.56. The van der Waals surface area contributed by atoms with E-state index in [1.807, 2.05) is 54.6 Å². The minimum atomic E-state index is -0.536. The van der Waals surface area contributed by atoms with E-state index in [0.29, 0.717) is 31.7 Å². The molecule has 1 atom stereocenters. The van der Waals surface area contributed by atoms with E-state index in [4.69, 9.17) is 4.74 Å². The van der Waals surface area contributed by atoms with Crippen LogP contribution in [0.25, 0.3) is 10.9 Å². The maximum Gasteiger partial charge on any atom is 0.275 e. The molecule has 0 aliphatic carbocycles. The molecule has 5 rings (SSSR count). The number of aromatic nitrogens is 2. The summed E-state index contributed by atoms with van der Waals surface area (Å²) in [5.41, 5.74) is 1.60. The van der Waals surface area contributed by atoms with Crippen LogP contribution < -0.4 is 4.90 Å². The quantitative estimate of drug-likeness (QED) is 0.744. The molecule has 1 N–H and O–H groups in total. The van der Waals surface area contributed by atoms with E-state index < -0.39 is 5.60 Å². The van der Waals surface area contributed by atoms with Crippen molar-refractivity contribution in [3.8, 4) is 0 Å². The van der Waals surface area contributed by atoms with Gasteiger partial charge in [0, 0.05) is 17.6 Å². The Hall–Kier alpha value is -3.19. The van der Waals surface area contributed by atoms with Gasteiger partial charge in [-0.1, -0.05) is 36.4 Å². The fourth-order valence-electron chi connectivity index (χ4n) is 4.10. The highest BCUT2D eigenvalue weighted by atomic mass is 16.5. The lowest BCUT2D eigenvalue weighted by atomic mass is 10.00. The second kappa shape index (κ2) is 6.45. The normalized spacial score (nSPS) is 22.4. The Morgan fingerprint density at radius 3 is 2.71 bits per heavy atom. The second-order valence-corrected chi connectivity index (χ2v) is 7.38. The Balaban J connectivity index is 1.37. The summed E-state index contributed by atoms with van der Waals surface area (Å²) in [6, 6.07) is 17.2. The number of carbonyl (C=O) groups excluding carboxylic acids is 2. The second-order valence-electron chi connectivity index (χ2n) is 7.38. The van der Waals surface area contributed by atoms with Crippen LogP contribution in [0.1, 0.15) is 16.9 Å². The average molecular weight is 376 g/mol. The zero-order valence-electron chi connectivity index (χ0n) is 15.3. The molecule has 0 saturated carbocycles. The van der Waals surface area contributed by atoms with E-state index in [2.05, 4.69) is 10.2 Å². The summed E-state index contributed by atoms with van der Waals surface area (Å²) in [4.78, 5) is 29.0. The molecule has 0 bridgehead atoms. The van der Waals surface area contributed by atoms with Gasteiger partial charge in [-0.2, -0.15) is 5.10 Å². The molecule has 3 aromatic rings. The highest BCUT2D eigenvalue weighted by Crippen LogP contribution is 2.33. The molecular weight excluding hydrogens is 356 g/mol. The summed E-state index contributed by atoms with van der Waals surface area (Å²) < 4.78 is 5.96. The number of benzene rings is 2. The topological polar surface area (TPSA) is 78.5 Å². The summed E-state index contributed by atoms with van der Waals surface area (Å²) in [7, 11) is 0. The number of morpholine rings is 1. The van der Waals surface area contributed by atoms with E-state index in [0.717, 1.165) is 16.6 Å². The first kappa shape index (κ1) is 16.9. The predicted molar refractivity (Wildman–Crippen MR) is 104 cm³/mol. The van der Waals surface area contributed by atoms with Gasteiger partial charge in [0.25, 0.3) is 11.8 Å². The Morgan fingerprint density at radius 2 is 1.86 bits per heavy atom. The van der Waals surface area contributed by atoms with Gasteiger partial charge in [-0.25, -0.2) is 0 Å². The third kappa shape index (κ3) is 2.75. The molecular formula is C21H20N4O3. The summed E-state index contributed by atoms with van der Waals surface area (Å²) in [5, 5.41) is 7.96. The largest absolute Gasteiger partial charge is 0.361 e. The monoisotopic (exact) mass is 376 g/mol. The fraction of sp³-hybridized carbons (Fsp3) is 0.286. The summed E-state index contributed by atoms with van der Waals surface area (Å²) in [6.45, 7) is 1.50. The van der Waals surface area contributed by atoms with Gasteiger partial charge in [0.05, 0.1) is 18.6 Å². The number of nitrogens with one attached hydrogen (secondary N) is 1. The average Bonchev–Trinajstić information content (AvgIpc) is 3.35. The minimum Gasteiger partial charge on any atom is -0.361 e. The molecule has 2 aromatic carbocycles. The van der Waals surface area contributed by atoms with Crippen molar-refractivity contribution in [2.45, 2.75) is 12.0 Å². The summed E-state index contributed by atoms with van der Waals surface area (Å²) in [6.07, 6.45) is 0.692. The van der Waals surface area contributed by atoms with Crippen molar-refractivity contribution in [1.29, 1.82) is 0 Å². The number of hydrogen-bond acceptors (Lipinski definition) is 4. The summed E-state index contributed by atoms with van der Waals surface area (Å²) in [5.74, 6) is -0.166. The van der Waals surface area contributed by atoms with Crippen molar-refractivity contribution >= 4 is 28.4 Å². The molecule has 2 amide bonds. The number of para-hydroxylation sites is 2. The number of ether oxygens (including phenoxy) is 1. The number of carbonyl (C=O) groups is 2. The molecule has 1 unspecified atom stereocenters. The van der Waals surface area contributed by atoms with Crippen LogP contribution >= 0.6 is 0 Å². The Kier molecular flexibility index (Phi) is 3.91. The van der Waals surface area contributed by atoms with Crippen molar-refractivity contribution in [3.63, 3.8) is 0 Å². The number of hydrogen-bond donors (Lipinski definition) is 1. The molecule has 0 radical (unpaired) electrons. The van der Waals surface area contributed by atoms with Gasteiger partial charge < -0.3 is 14.5 Å². The van der Waals surface area contributed by atoms with Gasteiger partial charge >= 0.3 is 0 Å². The molecule has 7 nitrogen and oxygen atoms in total. The van der Waals surface area contributed by atoms with Crippen molar-refractivity contribution in [2.24, 2.45) is 0 Å². The van der Waals surface area contributed by atoms with Crippen LogP contribution in [0.5, 0.6) is 0 Å². The molecule has 7 heteroatoms. The molecule has 2 aliphatic rings. The zero-order chi connectivity index (χ0) is 19.1. The van der Waals surface area contributed by atoms with Crippen LogP contribution in [0.3, 0.4) is 0 Å². The minimum absolute atomic E-state index is 0.0300. The molecule has 1 spiro atoms. The van der Waals surface area contributed by atoms with E-state index >= 15 is 0 Å². The van der Waals surface area contributed by atoms with Crippen LogP contribution in [0, 0.1) is 0 Å². The number of fused-ring (bicyclic) bond motifs is 1. The van der Waals surface area contributed by atoms with E-state index in [9.17, 15) is 9.59 Å². The van der Waals surface area contributed by atoms with Crippen molar-refractivity contribution in [2.75, 3.05) is 31.1 Å². The van der Waals surface area contributed by atoms with Gasteiger partial charge in [0.1, 0.15) is 12.2 Å². The van der Waals surface area contributed by atoms with Crippen LogP contribution in [0.2, 0.25) is 0 Å². The predicted octanol–water partition coefficient (Wildman–Crippen LogP) is 2.21. The van der Waals surface area contributed by atoms with Gasteiger partial charge in [0.2, 0.25) is 0 Å². The molecule has 28 heavy (non-hydrogen) atoms. The maximum absolute atomic E-state index is 13.1. The highest BCUT2D eigenvalue weighted by molar-refractivity contribution is 6.04. The number of nitrogens with zero attached hydrogens (tertiary/aromatic N) is 3. The lowest BCUT2D eigenvalue weighted by Gasteiger charge is -2.40. The van der Waals surface area contributed by atoms with Crippen LogP contribution in [-0.2, 0) is 9.53 Å². The molecule has 2 aliphatic heterocycles. The number of amides is 2. The number of H-pyrrole nitrogens is 1. The summed E-state index contributed by atoms with van der Waals surface area (Å²) >= 11 is 0. The highest BCUT2D eigenvalue weighted by Gasteiger charge is 2.47. The van der Waals surface area contributed by atoms with Gasteiger partial charge in [0.15, 0.2) is 5.69 Å². The Bertz CT molecular complexity index is 1050. The van der Waals surface area contributed by atoms with E-state index in [1.165, 1.54) is 0 Å². The van der Waals surface area contributed by atoms with Gasteiger partial charge in [-0.3, -0.25) is 14.7 Å². The maximum atomic E-state index is 13.1. The van der Waals surface area contributed by atoms with Crippen molar-refractivity contribution < 1.29 is 14.3 Å². The molecule has 2 saturated heterocycles. The standard InChI is InChI=1S/C21H20N4O3/c26-18-12-28-21(14-25(18)15-6-2-1-3-7-15)10-11-24(13-21)20(27)19-16-8-4-5-9-17(16)22-23-19/h1-9H,10-14H2,(H,22,23). The van der Waals surface area contributed by atoms with Crippen LogP contribution in [0.15, 0.2) is 54.6 Å². The molecule has 142 valence electrons. The van der Waals surface area contributed by atoms with Gasteiger partial charge in [-0.15, -0.1) is 0 Å². The zero-order valence-corrected chi connectivity index (χ0v) is 15.3. The molecule has 3 heterocycles. The first-order chi connectivity index (χ1) is 13.7. The fourth-order valence-corrected chi connectivity index (χ4v) is 4.10. The Morgan fingerprint density at radius 1 is 1.07 bits per heavy atom. The SMILES string of the molecule is O=C(c1n[nH]c2ccccc12)N1CCC2(C1)CN(c1ccccc1)C(=O)CO2. The number of anilines is 1. The van der Waals surface area contributed by atoms with Gasteiger partial charge in [-0.05, 0) is 24.6 Å². The molecule has 2 fully saturated rings. The van der Waals surface area contributed by atoms with Crippen molar-refractivity contribution in [3.05, 3.63) is 60.3 Å².